The molecule has 0 aliphatic heterocycles. The van der Waals surface area contributed by atoms with Gasteiger partial charge in [0.1, 0.15) is 0 Å². The van der Waals surface area contributed by atoms with Gasteiger partial charge < -0.3 is 11.1 Å². The Morgan fingerprint density at radius 3 is 2.65 bits per heavy atom. The first-order valence-electron chi connectivity index (χ1n) is 5.73. The maximum absolute atomic E-state index is 11.8. The molecule has 0 radical (unpaired) electrons. The first kappa shape index (κ1) is 15.3. The topological polar surface area (TPSA) is 84.2 Å². The minimum absolute atomic E-state index is 0.184. The quantitative estimate of drug-likeness (QED) is 0.701. The van der Waals surface area contributed by atoms with Gasteiger partial charge in [0.15, 0.2) is 0 Å². The third kappa shape index (κ3) is 3.51. The molecule has 0 unspecified atom stereocenters. The van der Waals surface area contributed by atoms with Gasteiger partial charge in [0.05, 0.1) is 20.1 Å². The summed E-state index contributed by atoms with van der Waals surface area (Å²) in [6.07, 6.45) is 0. The summed E-state index contributed by atoms with van der Waals surface area (Å²) < 4.78 is 26.8. The molecule has 8 heteroatoms. The van der Waals surface area contributed by atoms with E-state index in [1.807, 2.05) is 12.1 Å². The number of benzene rings is 1. The molecule has 108 valence electrons. The molecule has 0 atom stereocenters. The van der Waals surface area contributed by atoms with Crippen molar-refractivity contribution in [3.8, 4) is 0 Å². The molecule has 0 saturated heterocycles. The number of nitrogen functional groups attached to an aromatic ring is 1. The van der Waals surface area contributed by atoms with Crippen LogP contribution in [-0.4, -0.2) is 15.5 Å². The number of hydrogen-bond acceptors (Lipinski definition) is 5. The number of sulfonamides is 1. The molecule has 1 aromatic carbocycles. The number of nitrogens with one attached hydrogen (secondary N) is 2. The van der Waals surface area contributed by atoms with Crippen LogP contribution >= 0.6 is 27.3 Å². The molecule has 0 aliphatic rings. The van der Waals surface area contributed by atoms with E-state index < -0.39 is 10.0 Å². The zero-order valence-corrected chi connectivity index (χ0v) is 13.9. The summed E-state index contributed by atoms with van der Waals surface area (Å²) in [4.78, 5) is 1.31. The van der Waals surface area contributed by atoms with Crippen LogP contribution in [0, 0.1) is 0 Å². The molecule has 0 spiro atoms. The molecule has 1 heterocycles. The van der Waals surface area contributed by atoms with E-state index in [2.05, 4.69) is 26.0 Å². The van der Waals surface area contributed by atoms with Gasteiger partial charge in [-0.2, -0.15) is 0 Å². The van der Waals surface area contributed by atoms with E-state index in [0.29, 0.717) is 17.9 Å². The summed E-state index contributed by atoms with van der Waals surface area (Å²) in [5.41, 5.74) is 6.97. The fourth-order valence-electron chi connectivity index (χ4n) is 1.60. The van der Waals surface area contributed by atoms with Crippen molar-refractivity contribution in [2.45, 2.75) is 11.4 Å². The van der Waals surface area contributed by atoms with Gasteiger partial charge in [0.25, 0.3) is 0 Å². The van der Waals surface area contributed by atoms with Crippen LogP contribution in [0.1, 0.15) is 4.88 Å². The van der Waals surface area contributed by atoms with Gasteiger partial charge in [-0.1, -0.05) is 0 Å². The van der Waals surface area contributed by atoms with Crippen molar-refractivity contribution in [2.24, 2.45) is 0 Å². The normalized spacial score (nSPS) is 11.5. The lowest BCUT2D eigenvalue weighted by Gasteiger charge is -2.10. The Kier molecular flexibility index (Phi) is 4.69. The van der Waals surface area contributed by atoms with Crippen molar-refractivity contribution >= 4 is 48.7 Å². The predicted octanol–water partition coefficient (Wildman–Crippen LogP) is 2.61. The van der Waals surface area contributed by atoms with Gasteiger partial charge in [-0.15, -0.1) is 11.3 Å². The molecule has 20 heavy (non-hydrogen) atoms. The second kappa shape index (κ2) is 6.13. The van der Waals surface area contributed by atoms with Crippen LogP contribution in [0.4, 0.5) is 11.4 Å². The first-order chi connectivity index (χ1) is 9.42. The zero-order chi connectivity index (χ0) is 14.8. The standard InChI is InChI=1S/C12H14BrN3O2S2/c1-15-20(17,18)9-3-4-10(14)11(6-9)16-7-8-2-5-12(13)19-8/h2-6,15-16H,7,14H2,1H3. The number of hydrogen-bond donors (Lipinski definition) is 3. The fourth-order valence-corrected chi connectivity index (χ4v) is 3.78. The zero-order valence-electron chi connectivity index (χ0n) is 10.7. The molecular formula is C12H14BrN3O2S2. The summed E-state index contributed by atoms with van der Waals surface area (Å²) in [5.74, 6) is 0. The number of nitrogens with two attached hydrogens (primary N) is 1. The SMILES string of the molecule is CNS(=O)(=O)c1ccc(N)c(NCc2ccc(Br)s2)c1. The van der Waals surface area contributed by atoms with Crippen LogP contribution in [-0.2, 0) is 16.6 Å². The second-order valence-corrected chi connectivity index (χ2v) is 8.45. The van der Waals surface area contributed by atoms with Gasteiger partial charge >= 0.3 is 0 Å². The average molecular weight is 376 g/mol. The van der Waals surface area contributed by atoms with Crippen LogP contribution in [0.2, 0.25) is 0 Å². The molecule has 0 aliphatic carbocycles. The molecule has 0 saturated carbocycles. The Labute approximate surface area is 130 Å². The highest BCUT2D eigenvalue weighted by Gasteiger charge is 2.13. The molecule has 0 bridgehead atoms. The van der Waals surface area contributed by atoms with Gasteiger partial charge in [-0.05, 0) is 53.3 Å². The molecule has 2 rings (SSSR count). The summed E-state index contributed by atoms with van der Waals surface area (Å²) in [6, 6.07) is 8.55. The maximum atomic E-state index is 11.8. The van der Waals surface area contributed by atoms with Crippen molar-refractivity contribution in [3.63, 3.8) is 0 Å². The Bertz CT molecular complexity index is 713. The van der Waals surface area contributed by atoms with Crippen molar-refractivity contribution in [3.05, 3.63) is 39.0 Å². The Hall–Kier alpha value is -1.09. The van der Waals surface area contributed by atoms with E-state index in [-0.39, 0.29) is 4.90 Å². The average Bonchev–Trinajstić information content (AvgIpc) is 2.83. The second-order valence-electron chi connectivity index (χ2n) is 4.02. The highest BCUT2D eigenvalue weighted by atomic mass is 79.9. The molecule has 5 nitrogen and oxygen atoms in total. The number of halogens is 1. The van der Waals surface area contributed by atoms with Gasteiger partial charge in [-0.25, -0.2) is 13.1 Å². The largest absolute Gasteiger partial charge is 0.397 e. The van der Waals surface area contributed by atoms with Crippen LogP contribution in [0.5, 0.6) is 0 Å². The van der Waals surface area contributed by atoms with E-state index in [0.717, 1.165) is 8.66 Å². The summed E-state index contributed by atoms with van der Waals surface area (Å²) >= 11 is 5.01. The molecular weight excluding hydrogens is 362 g/mol. The Balaban J connectivity index is 2.21. The summed E-state index contributed by atoms with van der Waals surface area (Å²) in [5, 5.41) is 3.15. The Morgan fingerprint density at radius 1 is 1.30 bits per heavy atom. The van der Waals surface area contributed by atoms with E-state index >= 15 is 0 Å². The lowest BCUT2D eigenvalue weighted by atomic mass is 10.2. The van der Waals surface area contributed by atoms with E-state index in [1.165, 1.54) is 19.2 Å². The number of rotatable bonds is 5. The molecule has 1 aromatic heterocycles. The number of thiophene rings is 1. The lowest BCUT2D eigenvalue weighted by molar-refractivity contribution is 0.588. The number of anilines is 2. The Morgan fingerprint density at radius 2 is 2.05 bits per heavy atom. The van der Waals surface area contributed by atoms with Crippen LogP contribution in [0.15, 0.2) is 39.0 Å². The minimum Gasteiger partial charge on any atom is -0.397 e. The monoisotopic (exact) mass is 375 g/mol. The summed E-state index contributed by atoms with van der Waals surface area (Å²) in [6.45, 7) is 0.587. The highest BCUT2D eigenvalue weighted by Crippen LogP contribution is 2.26. The van der Waals surface area contributed by atoms with Crippen molar-refractivity contribution < 1.29 is 8.42 Å². The molecule has 4 N–H and O–H groups in total. The first-order valence-corrected chi connectivity index (χ1v) is 8.83. The smallest absolute Gasteiger partial charge is 0.240 e. The van der Waals surface area contributed by atoms with E-state index in [1.54, 1.807) is 17.4 Å². The predicted molar refractivity (Wildman–Crippen MR) is 86.4 cm³/mol. The van der Waals surface area contributed by atoms with Crippen LogP contribution in [0.25, 0.3) is 0 Å². The third-order valence-electron chi connectivity index (χ3n) is 2.69. The van der Waals surface area contributed by atoms with Crippen LogP contribution < -0.4 is 15.8 Å². The van der Waals surface area contributed by atoms with Crippen molar-refractivity contribution in [1.29, 1.82) is 0 Å². The third-order valence-corrected chi connectivity index (χ3v) is 5.72. The van der Waals surface area contributed by atoms with Gasteiger partial charge in [0.2, 0.25) is 10.0 Å². The lowest BCUT2D eigenvalue weighted by Crippen LogP contribution is -2.18. The maximum Gasteiger partial charge on any atom is 0.240 e. The van der Waals surface area contributed by atoms with E-state index in [4.69, 9.17) is 5.73 Å². The highest BCUT2D eigenvalue weighted by molar-refractivity contribution is 9.11. The van der Waals surface area contributed by atoms with E-state index in [9.17, 15) is 8.42 Å². The molecule has 0 fully saturated rings. The molecule has 2 aromatic rings. The minimum atomic E-state index is -3.47. The molecule has 0 amide bonds. The van der Waals surface area contributed by atoms with Gasteiger partial charge in [0, 0.05) is 11.4 Å². The fraction of sp³-hybridized carbons (Fsp3) is 0.167. The summed E-state index contributed by atoms with van der Waals surface area (Å²) in [7, 11) is -2.09. The van der Waals surface area contributed by atoms with Crippen molar-refractivity contribution in [1.82, 2.24) is 4.72 Å². The van der Waals surface area contributed by atoms with Crippen molar-refractivity contribution in [2.75, 3.05) is 18.1 Å². The van der Waals surface area contributed by atoms with Crippen LogP contribution in [0.3, 0.4) is 0 Å². The van der Waals surface area contributed by atoms with Gasteiger partial charge in [-0.3, -0.25) is 0 Å².